The topological polar surface area (TPSA) is 29.1 Å². The molecule has 0 spiro atoms. The molecule has 2 rings (SSSR count). The molecule has 1 aliphatic carbocycles. The van der Waals surface area contributed by atoms with Gasteiger partial charge in [-0.3, -0.25) is 4.21 Å². The Kier molecular flexibility index (Phi) is 5.66. The van der Waals surface area contributed by atoms with Crippen molar-refractivity contribution in [3.8, 4) is 0 Å². The van der Waals surface area contributed by atoms with Gasteiger partial charge in [-0.25, -0.2) is 8.78 Å². The van der Waals surface area contributed by atoms with Crippen molar-refractivity contribution in [1.29, 1.82) is 0 Å². The van der Waals surface area contributed by atoms with E-state index in [2.05, 4.69) is 12.2 Å². The summed E-state index contributed by atoms with van der Waals surface area (Å²) in [6.45, 7) is 2.94. The summed E-state index contributed by atoms with van der Waals surface area (Å²) in [6.07, 6.45) is 4.85. The Balaban J connectivity index is 2.18. The molecule has 0 saturated heterocycles. The maximum absolute atomic E-state index is 13.8. The summed E-state index contributed by atoms with van der Waals surface area (Å²) in [6, 6.07) is 3.31. The van der Waals surface area contributed by atoms with Crippen LogP contribution in [0.2, 0.25) is 0 Å². The van der Waals surface area contributed by atoms with Crippen LogP contribution in [0.3, 0.4) is 0 Å². The van der Waals surface area contributed by atoms with E-state index in [-0.39, 0.29) is 16.2 Å². The number of halogens is 2. The summed E-state index contributed by atoms with van der Waals surface area (Å²) in [4.78, 5) is 0.000184. The lowest BCUT2D eigenvalue weighted by Gasteiger charge is -2.31. The Bertz CT molecular complexity index is 481. The van der Waals surface area contributed by atoms with Crippen LogP contribution in [0.15, 0.2) is 23.1 Å². The minimum Gasteiger partial charge on any atom is -0.313 e. The highest BCUT2D eigenvalue weighted by atomic mass is 32.2. The van der Waals surface area contributed by atoms with Gasteiger partial charge in [-0.15, -0.1) is 0 Å². The summed E-state index contributed by atoms with van der Waals surface area (Å²) in [5.41, 5.74) is 0. The molecule has 1 aromatic carbocycles. The molecule has 0 aliphatic heterocycles. The van der Waals surface area contributed by atoms with Gasteiger partial charge in [-0.05, 0) is 44.0 Å². The molecular formula is C15H21F2NOS. The zero-order valence-electron chi connectivity index (χ0n) is 11.7. The van der Waals surface area contributed by atoms with Gasteiger partial charge in [0.05, 0.1) is 20.9 Å². The van der Waals surface area contributed by atoms with Gasteiger partial charge in [-0.1, -0.05) is 19.8 Å². The van der Waals surface area contributed by atoms with E-state index in [0.29, 0.717) is 0 Å². The van der Waals surface area contributed by atoms with Gasteiger partial charge < -0.3 is 5.32 Å². The van der Waals surface area contributed by atoms with Crippen molar-refractivity contribution in [3.05, 3.63) is 29.8 Å². The molecule has 3 atom stereocenters. The van der Waals surface area contributed by atoms with Crippen LogP contribution in [-0.2, 0) is 10.8 Å². The second-order valence-corrected chi connectivity index (χ2v) is 6.90. The largest absolute Gasteiger partial charge is 0.313 e. The second kappa shape index (κ2) is 7.27. The molecule has 0 bridgehead atoms. The molecule has 3 unspecified atom stereocenters. The van der Waals surface area contributed by atoms with Crippen LogP contribution < -0.4 is 5.32 Å². The first-order valence-electron chi connectivity index (χ1n) is 7.22. The van der Waals surface area contributed by atoms with Crippen molar-refractivity contribution in [2.45, 2.75) is 55.2 Å². The minimum absolute atomic E-state index is 0.000184. The number of hydrogen-bond acceptors (Lipinski definition) is 2. The summed E-state index contributed by atoms with van der Waals surface area (Å²) < 4.78 is 39.6. The Morgan fingerprint density at radius 3 is 2.80 bits per heavy atom. The fraction of sp³-hybridized carbons (Fsp3) is 0.600. The van der Waals surface area contributed by atoms with E-state index < -0.39 is 22.4 Å². The second-order valence-electron chi connectivity index (χ2n) is 5.26. The summed E-state index contributed by atoms with van der Waals surface area (Å²) >= 11 is 0. The third kappa shape index (κ3) is 3.64. The SMILES string of the molecule is CCCNC1CCCCC1S(=O)c1cc(F)ccc1F. The van der Waals surface area contributed by atoms with E-state index in [1.807, 2.05) is 0 Å². The van der Waals surface area contributed by atoms with Gasteiger partial charge in [0.15, 0.2) is 0 Å². The monoisotopic (exact) mass is 301 g/mol. The van der Waals surface area contributed by atoms with Gasteiger partial charge in [0.2, 0.25) is 0 Å². The van der Waals surface area contributed by atoms with Gasteiger partial charge in [0.25, 0.3) is 0 Å². The van der Waals surface area contributed by atoms with Crippen molar-refractivity contribution in [3.63, 3.8) is 0 Å². The van der Waals surface area contributed by atoms with E-state index >= 15 is 0 Å². The maximum atomic E-state index is 13.8. The zero-order valence-corrected chi connectivity index (χ0v) is 12.5. The average Bonchev–Trinajstić information content (AvgIpc) is 2.47. The Morgan fingerprint density at radius 2 is 2.05 bits per heavy atom. The molecule has 1 saturated carbocycles. The summed E-state index contributed by atoms with van der Waals surface area (Å²) in [5, 5.41) is 3.26. The zero-order chi connectivity index (χ0) is 14.5. The molecule has 112 valence electrons. The molecule has 1 aromatic rings. The van der Waals surface area contributed by atoms with E-state index in [1.54, 1.807) is 0 Å². The van der Waals surface area contributed by atoms with Crippen LogP contribution in [0.5, 0.6) is 0 Å². The number of nitrogens with one attached hydrogen (secondary N) is 1. The van der Waals surface area contributed by atoms with Crippen molar-refractivity contribution < 1.29 is 13.0 Å². The average molecular weight is 301 g/mol. The van der Waals surface area contributed by atoms with Crippen molar-refractivity contribution in [2.24, 2.45) is 0 Å². The fourth-order valence-corrected chi connectivity index (χ4v) is 4.44. The number of benzene rings is 1. The molecule has 2 nitrogen and oxygen atoms in total. The van der Waals surface area contributed by atoms with E-state index in [1.165, 1.54) is 0 Å². The Hall–Kier alpha value is -0.810. The van der Waals surface area contributed by atoms with Crippen LogP contribution in [0.25, 0.3) is 0 Å². The van der Waals surface area contributed by atoms with Crippen molar-refractivity contribution >= 4 is 10.8 Å². The highest BCUT2D eigenvalue weighted by molar-refractivity contribution is 7.85. The number of hydrogen-bond donors (Lipinski definition) is 1. The van der Waals surface area contributed by atoms with E-state index in [0.717, 1.165) is 56.8 Å². The lowest BCUT2D eigenvalue weighted by Crippen LogP contribution is -2.44. The lowest BCUT2D eigenvalue weighted by molar-refractivity contribution is 0.378. The third-order valence-corrected chi connectivity index (χ3v) is 5.60. The Morgan fingerprint density at radius 1 is 1.30 bits per heavy atom. The highest BCUT2D eigenvalue weighted by Crippen LogP contribution is 2.28. The molecule has 20 heavy (non-hydrogen) atoms. The molecule has 0 amide bonds. The maximum Gasteiger partial charge on any atom is 0.139 e. The van der Waals surface area contributed by atoms with Crippen molar-refractivity contribution in [1.82, 2.24) is 5.32 Å². The first-order chi connectivity index (χ1) is 9.63. The van der Waals surface area contributed by atoms with Gasteiger partial charge in [-0.2, -0.15) is 0 Å². The Labute approximate surface area is 121 Å². The minimum atomic E-state index is -1.50. The third-order valence-electron chi connectivity index (χ3n) is 3.74. The predicted octanol–water partition coefficient (Wildman–Crippen LogP) is 3.38. The van der Waals surface area contributed by atoms with Gasteiger partial charge in [0.1, 0.15) is 11.6 Å². The first-order valence-corrected chi connectivity index (χ1v) is 8.43. The van der Waals surface area contributed by atoms with Crippen LogP contribution in [0.1, 0.15) is 39.0 Å². The molecule has 0 aromatic heterocycles. The van der Waals surface area contributed by atoms with Crippen LogP contribution >= 0.6 is 0 Å². The van der Waals surface area contributed by atoms with Crippen LogP contribution in [-0.4, -0.2) is 22.0 Å². The standard InChI is InChI=1S/C15H21F2NOS/c1-2-9-18-13-5-3-4-6-14(13)20(19)15-10-11(16)7-8-12(15)17/h7-8,10,13-14,18H,2-6,9H2,1H3. The van der Waals surface area contributed by atoms with Crippen molar-refractivity contribution in [2.75, 3.05) is 6.54 Å². The molecule has 0 radical (unpaired) electrons. The van der Waals surface area contributed by atoms with Gasteiger partial charge in [0, 0.05) is 6.04 Å². The molecule has 1 aliphatic rings. The van der Waals surface area contributed by atoms with E-state index in [4.69, 9.17) is 0 Å². The van der Waals surface area contributed by atoms with Crippen LogP contribution in [0.4, 0.5) is 8.78 Å². The quantitative estimate of drug-likeness (QED) is 0.903. The summed E-state index contributed by atoms with van der Waals surface area (Å²) in [5.74, 6) is -1.12. The lowest BCUT2D eigenvalue weighted by atomic mass is 9.95. The first kappa shape index (κ1) is 15.6. The summed E-state index contributed by atoms with van der Waals surface area (Å²) in [7, 11) is -1.50. The van der Waals surface area contributed by atoms with E-state index in [9.17, 15) is 13.0 Å². The smallest absolute Gasteiger partial charge is 0.139 e. The fourth-order valence-electron chi connectivity index (χ4n) is 2.71. The molecule has 0 heterocycles. The normalized spacial score (nSPS) is 24.6. The van der Waals surface area contributed by atoms with Gasteiger partial charge >= 0.3 is 0 Å². The molecular weight excluding hydrogens is 280 g/mol. The van der Waals surface area contributed by atoms with Crippen LogP contribution in [0, 0.1) is 11.6 Å². The molecule has 5 heteroatoms. The highest BCUT2D eigenvalue weighted by Gasteiger charge is 2.31. The predicted molar refractivity (Wildman–Crippen MR) is 77.1 cm³/mol. The molecule has 1 fully saturated rings. The number of rotatable bonds is 5. The molecule has 1 N–H and O–H groups in total.